The summed E-state index contributed by atoms with van der Waals surface area (Å²) in [4.78, 5) is 0. The molecule has 100 valence electrons. The average Bonchev–Trinajstić information content (AvgIpc) is 2.31. The summed E-state index contributed by atoms with van der Waals surface area (Å²) in [6, 6.07) is 6.61. The standard InChI is InChI=1S/C17H26O/c1-12-6-13(2)8-15(7-12)10-17(18)11-16(4,5)9-14(17)3/h6-8,14,18H,9-11H2,1-5H3. The van der Waals surface area contributed by atoms with Crippen LogP contribution in [0.1, 0.15) is 50.3 Å². The van der Waals surface area contributed by atoms with Crippen molar-refractivity contribution in [1.29, 1.82) is 0 Å². The Kier molecular flexibility index (Phi) is 3.31. The molecule has 1 nitrogen and oxygen atoms in total. The van der Waals surface area contributed by atoms with Crippen LogP contribution < -0.4 is 0 Å². The molecule has 1 aromatic rings. The Morgan fingerprint density at radius 1 is 1.17 bits per heavy atom. The Balaban J connectivity index is 2.23. The van der Waals surface area contributed by atoms with Crippen molar-refractivity contribution in [2.24, 2.45) is 11.3 Å². The number of aryl methyl sites for hydroxylation is 2. The number of hydrogen-bond acceptors (Lipinski definition) is 1. The smallest absolute Gasteiger partial charge is 0.0718 e. The molecule has 0 radical (unpaired) electrons. The van der Waals surface area contributed by atoms with Gasteiger partial charge in [-0.25, -0.2) is 0 Å². The first-order valence-corrected chi connectivity index (χ1v) is 7.00. The van der Waals surface area contributed by atoms with E-state index in [1.165, 1.54) is 16.7 Å². The van der Waals surface area contributed by atoms with Crippen LogP contribution in [0.15, 0.2) is 18.2 Å². The molecule has 1 saturated carbocycles. The van der Waals surface area contributed by atoms with Crippen LogP contribution in [0.2, 0.25) is 0 Å². The molecule has 1 aliphatic carbocycles. The summed E-state index contributed by atoms with van der Waals surface area (Å²) in [5, 5.41) is 10.9. The maximum absolute atomic E-state index is 10.9. The first kappa shape index (κ1) is 13.6. The number of benzene rings is 1. The molecule has 1 heteroatoms. The number of aliphatic hydroxyl groups is 1. The molecule has 0 aliphatic heterocycles. The third-order valence-electron chi connectivity index (χ3n) is 4.35. The molecule has 0 saturated heterocycles. The maximum Gasteiger partial charge on any atom is 0.0718 e. The van der Waals surface area contributed by atoms with Gasteiger partial charge < -0.3 is 5.11 Å². The second-order valence-electron chi connectivity index (χ2n) is 7.22. The van der Waals surface area contributed by atoms with E-state index >= 15 is 0 Å². The monoisotopic (exact) mass is 246 g/mol. The largest absolute Gasteiger partial charge is 0.389 e. The van der Waals surface area contributed by atoms with Gasteiger partial charge in [-0.1, -0.05) is 50.1 Å². The van der Waals surface area contributed by atoms with E-state index in [0.717, 1.165) is 19.3 Å². The van der Waals surface area contributed by atoms with Gasteiger partial charge in [0.25, 0.3) is 0 Å². The lowest BCUT2D eigenvalue weighted by molar-refractivity contribution is 0.00444. The molecule has 0 heterocycles. The lowest BCUT2D eigenvalue weighted by Gasteiger charge is -2.29. The SMILES string of the molecule is Cc1cc(C)cc(CC2(O)CC(C)(C)CC2C)c1. The van der Waals surface area contributed by atoms with Gasteiger partial charge in [0.1, 0.15) is 0 Å². The van der Waals surface area contributed by atoms with Crippen molar-refractivity contribution in [3.63, 3.8) is 0 Å². The van der Waals surface area contributed by atoms with Gasteiger partial charge in [0.05, 0.1) is 5.60 Å². The molecule has 0 spiro atoms. The fourth-order valence-electron chi connectivity index (χ4n) is 3.86. The Bertz CT molecular complexity index is 427. The minimum absolute atomic E-state index is 0.271. The summed E-state index contributed by atoms with van der Waals surface area (Å²) in [5.74, 6) is 0.383. The Morgan fingerprint density at radius 2 is 1.72 bits per heavy atom. The van der Waals surface area contributed by atoms with Crippen LogP contribution in [0.4, 0.5) is 0 Å². The van der Waals surface area contributed by atoms with Crippen molar-refractivity contribution in [2.75, 3.05) is 0 Å². The van der Waals surface area contributed by atoms with E-state index in [4.69, 9.17) is 0 Å². The molecule has 2 rings (SSSR count). The van der Waals surface area contributed by atoms with E-state index in [-0.39, 0.29) is 5.41 Å². The highest BCUT2D eigenvalue weighted by Gasteiger charge is 2.47. The predicted molar refractivity (Wildman–Crippen MR) is 76.7 cm³/mol. The minimum Gasteiger partial charge on any atom is -0.389 e. The van der Waals surface area contributed by atoms with Crippen LogP contribution >= 0.6 is 0 Å². The van der Waals surface area contributed by atoms with Crippen LogP contribution in [0, 0.1) is 25.2 Å². The molecule has 2 atom stereocenters. The normalized spacial score (nSPS) is 30.7. The Hall–Kier alpha value is -0.820. The highest BCUT2D eigenvalue weighted by Crippen LogP contribution is 2.48. The Morgan fingerprint density at radius 3 is 2.17 bits per heavy atom. The maximum atomic E-state index is 10.9. The number of rotatable bonds is 2. The molecule has 0 bridgehead atoms. The van der Waals surface area contributed by atoms with Gasteiger partial charge in [-0.15, -0.1) is 0 Å². The van der Waals surface area contributed by atoms with E-state index in [9.17, 15) is 5.11 Å². The molecule has 1 N–H and O–H groups in total. The molecule has 1 aliphatic rings. The van der Waals surface area contributed by atoms with Crippen LogP contribution in [0.25, 0.3) is 0 Å². The molecule has 18 heavy (non-hydrogen) atoms. The van der Waals surface area contributed by atoms with Gasteiger partial charge in [0.2, 0.25) is 0 Å². The van der Waals surface area contributed by atoms with E-state index in [2.05, 4.69) is 52.8 Å². The fourth-order valence-corrected chi connectivity index (χ4v) is 3.86. The minimum atomic E-state index is -0.524. The van der Waals surface area contributed by atoms with Gasteiger partial charge in [0.15, 0.2) is 0 Å². The van der Waals surface area contributed by atoms with Crippen LogP contribution in [0.5, 0.6) is 0 Å². The van der Waals surface area contributed by atoms with Crippen LogP contribution in [0.3, 0.4) is 0 Å². The van der Waals surface area contributed by atoms with Gasteiger partial charge in [-0.3, -0.25) is 0 Å². The van der Waals surface area contributed by atoms with E-state index in [1.54, 1.807) is 0 Å². The summed E-state index contributed by atoms with van der Waals surface area (Å²) >= 11 is 0. The molecule has 1 fully saturated rings. The summed E-state index contributed by atoms with van der Waals surface area (Å²) < 4.78 is 0. The third kappa shape index (κ3) is 2.77. The molecular formula is C17H26O. The highest BCUT2D eigenvalue weighted by atomic mass is 16.3. The summed E-state index contributed by atoms with van der Waals surface area (Å²) in [6.45, 7) is 11.0. The molecule has 0 amide bonds. The van der Waals surface area contributed by atoms with Crippen molar-refractivity contribution in [1.82, 2.24) is 0 Å². The van der Waals surface area contributed by atoms with E-state index < -0.39 is 5.60 Å². The van der Waals surface area contributed by atoms with Crippen molar-refractivity contribution in [3.05, 3.63) is 34.9 Å². The van der Waals surface area contributed by atoms with Crippen molar-refractivity contribution in [3.8, 4) is 0 Å². The van der Waals surface area contributed by atoms with Gasteiger partial charge in [-0.05, 0) is 43.6 Å². The molecule has 0 aromatic heterocycles. The van der Waals surface area contributed by atoms with Gasteiger partial charge in [-0.2, -0.15) is 0 Å². The van der Waals surface area contributed by atoms with Crippen molar-refractivity contribution in [2.45, 2.75) is 59.5 Å². The topological polar surface area (TPSA) is 20.2 Å². The number of hydrogen-bond donors (Lipinski definition) is 1. The first-order valence-electron chi connectivity index (χ1n) is 7.00. The van der Waals surface area contributed by atoms with E-state index in [1.807, 2.05) is 0 Å². The zero-order chi connectivity index (χ0) is 13.6. The fraction of sp³-hybridized carbons (Fsp3) is 0.647. The van der Waals surface area contributed by atoms with Crippen LogP contribution in [-0.2, 0) is 6.42 Å². The van der Waals surface area contributed by atoms with E-state index in [0.29, 0.717) is 5.92 Å². The zero-order valence-electron chi connectivity index (χ0n) is 12.4. The third-order valence-corrected chi connectivity index (χ3v) is 4.35. The summed E-state index contributed by atoms with van der Waals surface area (Å²) in [7, 11) is 0. The summed E-state index contributed by atoms with van der Waals surface area (Å²) in [5.41, 5.74) is 3.60. The summed E-state index contributed by atoms with van der Waals surface area (Å²) in [6.07, 6.45) is 2.82. The lowest BCUT2D eigenvalue weighted by atomic mass is 9.84. The molecule has 1 aromatic carbocycles. The second kappa shape index (κ2) is 4.38. The molecule has 2 unspecified atom stereocenters. The zero-order valence-corrected chi connectivity index (χ0v) is 12.4. The van der Waals surface area contributed by atoms with Gasteiger partial charge >= 0.3 is 0 Å². The average molecular weight is 246 g/mol. The second-order valence-corrected chi connectivity index (χ2v) is 7.22. The Labute approximate surface area is 111 Å². The highest BCUT2D eigenvalue weighted by molar-refractivity contribution is 5.30. The van der Waals surface area contributed by atoms with Gasteiger partial charge in [0, 0.05) is 6.42 Å². The molecular weight excluding hydrogens is 220 g/mol. The van der Waals surface area contributed by atoms with Crippen molar-refractivity contribution < 1.29 is 5.11 Å². The van der Waals surface area contributed by atoms with Crippen LogP contribution in [-0.4, -0.2) is 10.7 Å². The van der Waals surface area contributed by atoms with Crippen molar-refractivity contribution >= 4 is 0 Å². The first-order chi connectivity index (χ1) is 8.20. The predicted octanol–water partition coefficient (Wildman–Crippen LogP) is 4.03. The quantitative estimate of drug-likeness (QED) is 0.835. The lowest BCUT2D eigenvalue weighted by Crippen LogP contribution is -2.34.